The molecule has 1 aliphatic carbocycles. The average molecular weight is 261 g/mol. The van der Waals surface area contributed by atoms with Crippen LogP contribution in [0.4, 0.5) is 5.82 Å². The third-order valence-corrected chi connectivity index (χ3v) is 4.16. The molecule has 2 aliphatic rings. The number of rotatable bonds is 3. The van der Waals surface area contributed by atoms with E-state index >= 15 is 0 Å². The molecule has 1 unspecified atom stereocenters. The molecule has 0 amide bonds. The minimum atomic E-state index is -0.720. The highest BCUT2D eigenvalue weighted by Crippen LogP contribution is 2.32. The van der Waals surface area contributed by atoms with Gasteiger partial charge in [-0.05, 0) is 38.5 Å². The molecule has 2 heterocycles. The number of carbonyl (C=O) groups is 1. The smallest absolute Gasteiger partial charge is 0.305 e. The van der Waals surface area contributed by atoms with Crippen LogP contribution in [0.1, 0.15) is 43.4 Å². The van der Waals surface area contributed by atoms with E-state index in [9.17, 15) is 4.79 Å². The first-order chi connectivity index (χ1) is 9.25. The number of aromatic nitrogens is 2. The summed E-state index contributed by atoms with van der Waals surface area (Å²) in [6.07, 6.45) is 8.22. The van der Waals surface area contributed by atoms with Crippen molar-refractivity contribution in [3.8, 4) is 0 Å². The van der Waals surface area contributed by atoms with Gasteiger partial charge in [-0.15, -0.1) is 0 Å². The van der Waals surface area contributed by atoms with E-state index in [0.29, 0.717) is 0 Å². The molecule has 0 aromatic carbocycles. The summed E-state index contributed by atoms with van der Waals surface area (Å²) in [7, 11) is 0. The average Bonchev–Trinajstić information content (AvgIpc) is 2.87. The fourth-order valence-electron chi connectivity index (χ4n) is 3.28. The summed E-state index contributed by atoms with van der Waals surface area (Å²) in [5.41, 5.74) is 2.41. The predicted molar refractivity (Wildman–Crippen MR) is 71.3 cm³/mol. The van der Waals surface area contributed by atoms with Crippen LogP contribution in [0.3, 0.4) is 0 Å². The van der Waals surface area contributed by atoms with Gasteiger partial charge in [0.2, 0.25) is 0 Å². The van der Waals surface area contributed by atoms with E-state index in [2.05, 4.69) is 14.9 Å². The summed E-state index contributed by atoms with van der Waals surface area (Å²) in [5.74, 6) is 0.274. The van der Waals surface area contributed by atoms with E-state index in [4.69, 9.17) is 5.11 Å². The van der Waals surface area contributed by atoms with E-state index in [0.717, 1.165) is 56.6 Å². The molecule has 102 valence electrons. The van der Waals surface area contributed by atoms with Gasteiger partial charge in [-0.25, -0.2) is 9.97 Å². The van der Waals surface area contributed by atoms with Crippen LogP contribution in [-0.4, -0.2) is 33.6 Å². The van der Waals surface area contributed by atoms with Crippen molar-refractivity contribution in [1.29, 1.82) is 0 Å². The zero-order valence-electron chi connectivity index (χ0n) is 11.0. The van der Waals surface area contributed by atoms with Gasteiger partial charge >= 0.3 is 5.97 Å². The second-order valence-corrected chi connectivity index (χ2v) is 5.42. The van der Waals surface area contributed by atoms with Gasteiger partial charge in [0, 0.05) is 23.8 Å². The van der Waals surface area contributed by atoms with E-state index in [-0.39, 0.29) is 12.5 Å². The van der Waals surface area contributed by atoms with Crippen LogP contribution in [0.25, 0.3) is 0 Å². The summed E-state index contributed by atoms with van der Waals surface area (Å²) in [6.45, 7) is 0.918. The van der Waals surface area contributed by atoms with Crippen molar-refractivity contribution in [2.45, 2.75) is 51.0 Å². The predicted octanol–water partition coefficient (Wildman–Crippen LogP) is 1.80. The molecule has 5 heteroatoms. The van der Waals surface area contributed by atoms with Crippen molar-refractivity contribution in [1.82, 2.24) is 9.97 Å². The maximum atomic E-state index is 11.0. The molecule has 0 saturated carbocycles. The van der Waals surface area contributed by atoms with Crippen LogP contribution in [0, 0.1) is 0 Å². The van der Waals surface area contributed by atoms with Crippen molar-refractivity contribution >= 4 is 11.8 Å². The normalized spacial score (nSPS) is 22.3. The number of piperidine rings is 1. The lowest BCUT2D eigenvalue weighted by molar-refractivity contribution is -0.137. The Morgan fingerprint density at radius 2 is 2.21 bits per heavy atom. The fraction of sp³-hybridized carbons (Fsp3) is 0.643. The van der Waals surface area contributed by atoms with Gasteiger partial charge < -0.3 is 10.0 Å². The highest BCUT2D eigenvalue weighted by atomic mass is 16.4. The zero-order chi connectivity index (χ0) is 13.2. The molecule has 1 aliphatic heterocycles. The quantitative estimate of drug-likeness (QED) is 0.898. The second-order valence-electron chi connectivity index (χ2n) is 5.42. The minimum absolute atomic E-state index is 0.0888. The highest BCUT2D eigenvalue weighted by Gasteiger charge is 2.29. The largest absolute Gasteiger partial charge is 0.481 e. The maximum absolute atomic E-state index is 11.0. The van der Waals surface area contributed by atoms with Crippen LogP contribution in [0.5, 0.6) is 0 Å². The number of anilines is 1. The summed E-state index contributed by atoms with van der Waals surface area (Å²) >= 11 is 0. The lowest BCUT2D eigenvalue weighted by atomic mass is 9.98. The standard InChI is InChI=1S/C14H19N3O2/c18-13(19)8-10-4-1-2-7-17(10)14-11-5-3-6-12(11)15-9-16-14/h9-10H,1-8H2,(H,18,19). The Kier molecular flexibility index (Phi) is 3.36. The molecular formula is C14H19N3O2. The summed E-state index contributed by atoms with van der Waals surface area (Å²) in [5, 5.41) is 9.06. The molecule has 3 rings (SSSR count). The second kappa shape index (κ2) is 5.15. The molecule has 1 atom stereocenters. The van der Waals surface area contributed by atoms with Crippen LogP contribution < -0.4 is 4.90 Å². The summed E-state index contributed by atoms with van der Waals surface area (Å²) in [6, 6.07) is 0.0888. The first-order valence-corrected chi connectivity index (χ1v) is 7.07. The van der Waals surface area contributed by atoms with E-state index < -0.39 is 5.97 Å². The Hall–Kier alpha value is -1.65. The number of hydrogen-bond acceptors (Lipinski definition) is 4. The number of aliphatic carboxylic acids is 1. The van der Waals surface area contributed by atoms with Gasteiger partial charge in [-0.2, -0.15) is 0 Å². The van der Waals surface area contributed by atoms with Gasteiger partial charge in [0.1, 0.15) is 12.1 Å². The van der Waals surface area contributed by atoms with Gasteiger partial charge in [-0.1, -0.05) is 0 Å². The molecule has 1 N–H and O–H groups in total. The van der Waals surface area contributed by atoms with Crippen molar-refractivity contribution in [2.24, 2.45) is 0 Å². The lowest BCUT2D eigenvalue weighted by Crippen LogP contribution is -2.42. The number of carboxylic acids is 1. The third-order valence-electron chi connectivity index (χ3n) is 4.16. The topological polar surface area (TPSA) is 66.3 Å². The number of aryl methyl sites for hydroxylation is 1. The van der Waals surface area contributed by atoms with E-state index in [1.54, 1.807) is 6.33 Å². The number of carboxylic acid groups (broad SMARTS) is 1. The SMILES string of the molecule is O=C(O)CC1CCCCN1c1ncnc2c1CCC2. The monoisotopic (exact) mass is 261 g/mol. The summed E-state index contributed by atoms with van der Waals surface area (Å²) in [4.78, 5) is 22.0. The van der Waals surface area contributed by atoms with Gasteiger partial charge in [0.05, 0.1) is 6.42 Å². The molecule has 5 nitrogen and oxygen atoms in total. The Bertz CT molecular complexity index is 490. The minimum Gasteiger partial charge on any atom is -0.481 e. The van der Waals surface area contributed by atoms with Crippen molar-refractivity contribution in [2.75, 3.05) is 11.4 Å². The molecular weight excluding hydrogens is 242 g/mol. The molecule has 1 aromatic heterocycles. The molecule has 0 spiro atoms. The Morgan fingerprint density at radius 3 is 3.05 bits per heavy atom. The lowest BCUT2D eigenvalue weighted by Gasteiger charge is -2.36. The van der Waals surface area contributed by atoms with E-state index in [1.807, 2.05) is 0 Å². The highest BCUT2D eigenvalue weighted by molar-refractivity contribution is 5.68. The van der Waals surface area contributed by atoms with Crippen LogP contribution in [-0.2, 0) is 17.6 Å². The van der Waals surface area contributed by atoms with Crippen LogP contribution >= 0.6 is 0 Å². The number of nitrogens with zero attached hydrogens (tertiary/aromatic N) is 3. The first-order valence-electron chi connectivity index (χ1n) is 7.07. The maximum Gasteiger partial charge on any atom is 0.305 e. The first kappa shape index (κ1) is 12.4. The van der Waals surface area contributed by atoms with Gasteiger partial charge in [0.25, 0.3) is 0 Å². The van der Waals surface area contributed by atoms with Crippen molar-refractivity contribution in [3.05, 3.63) is 17.6 Å². The van der Waals surface area contributed by atoms with Gasteiger partial charge in [-0.3, -0.25) is 4.79 Å². The summed E-state index contributed by atoms with van der Waals surface area (Å²) < 4.78 is 0. The molecule has 19 heavy (non-hydrogen) atoms. The van der Waals surface area contributed by atoms with E-state index in [1.165, 1.54) is 5.56 Å². The number of fused-ring (bicyclic) bond motifs is 1. The zero-order valence-corrected chi connectivity index (χ0v) is 11.0. The Balaban J connectivity index is 1.90. The Labute approximate surface area is 112 Å². The van der Waals surface area contributed by atoms with Crippen LogP contribution in [0.15, 0.2) is 6.33 Å². The van der Waals surface area contributed by atoms with Crippen molar-refractivity contribution in [3.63, 3.8) is 0 Å². The molecule has 1 saturated heterocycles. The fourth-order valence-corrected chi connectivity index (χ4v) is 3.28. The Morgan fingerprint density at radius 1 is 1.32 bits per heavy atom. The molecule has 0 radical (unpaired) electrons. The van der Waals surface area contributed by atoms with Crippen LogP contribution in [0.2, 0.25) is 0 Å². The molecule has 1 fully saturated rings. The van der Waals surface area contributed by atoms with Gasteiger partial charge in [0.15, 0.2) is 0 Å². The molecule has 1 aromatic rings. The molecule has 0 bridgehead atoms. The van der Waals surface area contributed by atoms with Crippen molar-refractivity contribution < 1.29 is 9.90 Å². The number of hydrogen-bond donors (Lipinski definition) is 1. The third kappa shape index (κ3) is 2.41.